The van der Waals surface area contributed by atoms with E-state index in [1.807, 2.05) is 12.1 Å². The second-order valence-corrected chi connectivity index (χ2v) is 4.56. The maximum Gasteiger partial charge on any atom is 0.237 e. The van der Waals surface area contributed by atoms with Crippen molar-refractivity contribution in [3.63, 3.8) is 0 Å². The molecule has 0 unspecified atom stereocenters. The third kappa shape index (κ3) is 4.07. The number of nitrogens with two attached hydrogens (primary N) is 1. The molecule has 1 heterocycles. The molecule has 0 spiro atoms. The molecule has 0 fully saturated rings. The van der Waals surface area contributed by atoms with Crippen LogP contribution in [-0.2, 0) is 17.8 Å². The van der Waals surface area contributed by atoms with E-state index in [1.165, 1.54) is 0 Å². The Kier molecular flexibility index (Phi) is 4.68. The number of hydrogen-bond donors (Lipinski definition) is 3. The average molecular weight is 271 g/mol. The Morgan fingerprint density at radius 2 is 2.00 bits per heavy atom. The lowest BCUT2D eigenvalue weighted by Crippen LogP contribution is -2.41. The van der Waals surface area contributed by atoms with Crippen molar-refractivity contribution in [1.82, 2.24) is 10.3 Å². The van der Waals surface area contributed by atoms with Gasteiger partial charge in [-0.2, -0.15) is 0 Å². The number of carbonyl (C=O) groups excluding carboxylic acids is 1. The molecule has 0 aliphatic heterocycles. The van der Waals surface area contributed by atoms with Crippen molar-refractivity contribution in [3.8, 4) is 5.75 Å². The monoisotopic (exact) mass is 271 g/mol. The summed E-state index contributed by atoms with van der Waals surface area (Å²) in [5, 5.41) is 12.0. The minimum Gasteiger partial charge on any atom is -0.508 e. The van der Waals surface area contributed by atoms with E-state index >= 15 is 0 Å². The van der Waals surface area contributed by atoms with Gasteiger partial charge in [-0.15, -0.1) is 0 Å². The van der Waals surface area contributed by atoms with Crippen LogP contribution in [0.25, 0.3) is 0 Å². The Labute approximate surface area is 117 Å². The van der Waals surface area contributed by atoms with Crippen LogP contribution in [0.5, 0.6) is 5.75 Å². The first-order chi connectivity index (χ1) is 9.65. The van der Waals surface area contributed by atoms with Gasteiger partial charge < -0.3 is 16.2 Å². The van der Waals surface area contributed by atoms with Crippen LogP contribution >= 0.6 is 0 Å². The number of hydrogen-bond acceptors (Lipinski definition) is 4. The fourth-order valence-corrected chi connectivity index (χ4v) is 1.80. The zero-order valence-corrected chi connectivity index (χ0v) is 11.0. The van der Waals surface area contributed by atoms with E-state index < -0.39 is 6.04 Å². The van der Waals surface area contributed by atoms with Crippen molar-refractivity contribution in [2.45, 2.75) is 19.0 Å². The van der Waals surface area contributed by atoms with Gasteiger partial charge in [-0.3, -0.25) is 9.78 Å². The molecule has 2 rings (SSSR count). The highest BCUT2D eigenvalue weighted by molar-refractivity contribution is 5.81. The van der Waals surface area contributed by atoms with Crippen LogP contribution in [0.3, 0.4) is 0 Å². The summed E-state index contributed by atoms with van der Waals surface area (Å²) in [6.45, 7) is 0.413. The van der Waals surface area contributed by atoms with E-state index in [-0.39, 0.29) is 11.7 Å². The van der Waals surface area contributed by atoms with Crippen molar-refractivity contribution < 1.29 is 9.90 Å². The molecule has 4 N–H and O–H groups in total. The molecule has 0 aliphatic carbocycles. The Balaban J connectivity index is 1.84. The van der Waals surface area contributed by atoms with Crippen molar-refractivity contribution in [1.29, 1.82) is 0 Å². The number of amides is 1. The van der Waals surface area contributed by atoms with Crippen LogP contribution in [0.1, 0.15) is 11.1 Å². The summed E-state index contributed by atoms with van der Waals surface area (Å²) < 4.78 is 0. The van der Waals surface area contributed by atoms with Crippen molar-refractivity contribution in [2.24, 2.45) is 5.73 Å². The molecular weight excluding hydrogens is 254 g/mol. The third-order valence-electron chi connectivity index (χ3n) is 2.92. The lowest BCUT2D eigenvalue weighted by Gasteiger charge is -2.12. The molecule has 0 saturated heterocycles. The van der Waals surface area contributed by atoms with Crippen LogP contribution in [0.2, 0.25) is 0 Å². The van der Waals surface area contributed by atoms with Gasteiger partial charge in [0.05, 0.1) is 6.04 Å². The van der Waals surface area contributed by atoms with Crippen LogP contribution < -0.4 is 11.1 Å². The van der Waals surface area contributed by atoms with Gasteiger partial charge in [0.2, 0.25) is 5.91 Å². The maximum absolute atomic E-state index is 11.9. The molecule has 1 amide bonds. The summed E-state index contributed by atoms with van der Waals surface area (Å²) in [6, 6.07) is 9.76. The number of benzene rings is 1. The molecule has 0 radical (unpaired) electrons. The van der Waals surface area contributed by atoms with Gasteiger partial charge in [-0.05, 0) is 35.7 Å². The SMILES string of the molecule is N[C@H](Cc1ccc(O)cc1)C(=O)NCc1cccnc1. The third-order valence-corrected chi connectivity index (χ3v) is 2.92. The van der Waals surface area contributed by atoms with Crippen molar-refractivity contribution in [3.05, 3.63) is 59.9 Å². The number of aromatic nitrogens is 1. The van der Waals surface area contributed by atoms with Gasteiger partial charge in [0.25, 0.3) is 0 Å². The van der Waals surface area contributed by atoms with Gasteiger partial charge in [0.15, 0.2) is 0 Å². The molecule has 104 valence electrons. The molecule has 5 nitrogen and oxygen atoms in total. The molecule has 20 heavy (non-hydrogen) atoms. The number of rotatable bonds is 5. The number of phenolic OH excluding ortho intramolecular Hbond substituents is 1. The zero-order chi connectivity index (χ0) is 14.4. The Morgan fingerprint density at radius 1 is 1.25 bits per heavy atom. The molecule has 0 aliphatic rings. The molecule has 1 aromatic heterocycles. The predicted octanol–water partition coefficient (Wildman–Crippen LogP) is 0.973. The number of nitrogens with zero attached hydrogens (tertiary/aromatic N) is 1. The summed E-state index contributed by atoms with van der Waals surface area (Å²) in [5.41, 5.74) is 7.70. The fraction of sp³-hybridized carbons (Fsp3) is 0.200. The second kappa shape index (κ2) is 6.68. The highest BCUT2D eigenvalue weighted by Gasteiger charge is 2.13. The Bertz CT molecular complexity index is 555. The molecule has 0 bridgehead atoms. The van der Waals surface area contributed by atoms with Gasteiger partial charge in [0, 0.05) is 18.9 Å². The van der Waals surface area contributed by atoms with Gasteiger partial charge in [0.1, 0.15) is 5.75 Å². The smallest absolute Gasteiger partial charge is 0.237 e. The van der Waals surface area contributed by atoms with E-state index in [0.717, 1.165) is 11.1 Å². The van der Waals surface area contributed by atoms with Crippen LogP contribution in [0.4, 0.5) is 0 Å². The maximum atomic E-state index is 11.9. The quantitative estimate of drug-likeness (QED) is 0.756. The minimum absolute atomic E-state index is 0.198. The predicted molar refractivity (Wildman–Crippen MR) is 75.9 cm³/mol. The molecule has 5 heteroatoms. The largest absolute Gasteiger partial charge is 0.508 e. The highest BCUT2D eigenvalue weighted by Crippen LogP contribution is 2.10. The summed E-state index contributed by atoms with van der Waals surface area (Å²) in [4.78, 5) is 15.9. The topological polar surface area (TPSA) is 88.2 Å². The number of aromatic hydroxyl groups is 1. The summed E-state index contributed by atoms with van der Waals surface area (Å²) in [7, 11) is 0. The van der Waals surface area contributed by atoms with Gasteiger partial charge in [-0.25, -0.2) is 0 Å². The summed E-state index contributed by atoms with van der Waals surface area (Å²) in [5.74, 6) is -0.00900. The molecular formula is C15H17N3O2. The summed E-state index contributed by atoms with van der Waals surface area (Å²) >= 11 is 0. The molecule has 0 saturated carbocycles. The van der Waals surface area contributed by atoms with Gasteiger partial charge in [-0.1, -0.05) is 18.2 Å². The number of nitrogens with one attached hydrogen (secondary N) is 1. The van der Waals surface area contributed by atoms with E-state index in [2.05, 4.69) is 10.3 Å². The van der Waals surface area contributed by atoms with E-state index in [9.17, 15) is 9.90 Å². The molecule has 1 atom stereocenters. The van der Waals surface area contributed by atoms with Crippen LogP contribution in [0.15, 0.2) is 48.8 Å². The first kappa shape index (κ1) is 14.0. The summed E-state index contributed by atoms with van der Waals surface area (Å²) in [6.07, 6.45) is 3.81. The normalized spacial score (nSPS) is 11.8. The first-order valence-corrected chi connectivity index (χ1v) is 6.35. The standard InChI is InChI=1S/C15H17N3O2/c16-14(8-11-3-5-13(19)6-4-11)15(20)18-10-12-2-1-7-17-9-12/h1-7,9,14,19H,8,10,16H2,(H,18,20)/t14-/m1/s1. The second-order valence-electron chi connectivity index (χ2n) is 4.56. The van der Waals surface area contributed by atoms with E-state index in [0.29, 0.717) is 13.0 Å². The molecule has 1 aromatic carbocycles. The van der Waals surface area contributed by atoms with E-state index in [4.69, 9.17) is 5.73 Å². The molecule has 2 aromatic rings. The Hall–Kier alpha value is -2.40. The number of phenols is 1. The number of carbonyl (C=O) groups is 1. The van der Waals surface area contributed by atoms with Crippen molar-refractivity contribution >= 4 is 5.91 Å². The van der Waals surface area contributed by atoms with Crippen molar-refractivity contribution in [2.75, 3.05) is 0 Å². The average Bonchev–Trinajstić information content (AvgIpc) is 2.48. The first-order valence-electron chi connectivity index (χ1n) is 6.35. The van der Waals surface area contributed by atoms with Gasteiger partial charge >= 0.3 is 0 Å². The van der Waals surface area contributed by atoms with E-state index in [1.54, 1.807) is 36.7 Å². The fourth-order valence-electron chi connectivity index (χ4n) is 1.80. The Morgan fingerprint density at radius 3 is 2.65 bits per heavy atom. The van der Waals surface area contributed by atoms with Crippen LogP contribution in [-0.4, -0.2) is 22.0 Å². The minimum atomic E-state index is -0.615. The zero-order valence-electron chi connectivity index (χ0n) is 11.0. The number of pyridine rings is 1. The lowest BCUT2D eigenvalue weighted by molar-refractivity contribution is -0.122. The van der Waals surface area contributed by atoms with Crippen LogP contribution in [0, 0.1) is 0 Å². The lowest BCUT2D eigenvalue weighted by atomic mass is 10.1. The highest BCUT2D eigenvalue weighted by atomic mass is 16.3.